The molecule has 1 heterocycles. The first kappa shape index (κ1) is 22.7. The van der Waals surface area contributed by atoms with Crippen LogP contribution in [0.3, 0.4) is 0 Å². The highest BCUT2D eigenvalue weighted by Gasteiger charge is 2.15. The zero-order chi connectivity index (χ0) is 18.1. The topological polar surface area (TPSA) is 40.1 Å². The van der Waals surface area contributed by atoms with Crippen molar-refractivity contribution < 1.29 is 9.13 Å². The molecule has 1 aromatic carbocycles. The van der Waals surface area contributed by atoms with E-state index in [1.165, 1.54) is 0 Å². The maximum absolute atomic E-state index is 14.4. The Kier molecular flexibility index (Phi) is 10.6. The quantitative estimate of drug-likeness (QED) is 0.216. The van der Waals surface area contributed by atoms with Gasteiger partial charge < -0.3 is 19.9 Å². The number of hydrogen-bond donors (Lipinski definition) is 1. The van der Waals surface area contributed by atoms with Crippen molar-refractivity contribution >= 4 is 35.6 Å². The molecule has 1 N–H and O–H groups in total. The molecule has 1 saturated heterocycles. The van der Waals surface area contributed by atoms with E-state index in [-0.39, 0.29) is 29.8 Å². The SMILES string of the molecule is C=CCCCN(C)C(=NC)NCc1ccc(N2CCOCC2)c(F)c1.I. The molecule has 7 heteroatoms. The summed E-state index contributed by atoms with van der Waals surface area (Å²) in [6.07, 6.45) is 3.93. The van der Waals surface area contributed by atoms with Crippen molar-refractivity contribution in [2.75, 3.05) is 51.8 Å². The number of rotatable bonds is 7. The molecule has 0 radical (unpaired) electrons. The van der Waals surface area contributed by atoms with Crippen LogP contribution in [0.2, 0.25) is 0 Å². The molecule has 0 atom stereocenters. The van der Waals surface area contributed by atoms with Crippen molar-refractivity contribution in [2.45, 2.75) is 19.4 Å². The number of nitrogens with one attached hydrogen (secondary N) is 1. The van der Waals surface area contributed by atoms with E-state index < -0.39 is 0 Å². The summed E-state index contributed by atoms with van der Waals surface area (Å²) in [5.74, 6) is 0.622. The van der Waals surface area contributed by atoms with Crippen LogP contribution in [0.25, 0.3) is 0 Å². The second kappa shape index (κ2) is 12.1. The number of allylic oxidation sites excluding steroid dienone is 1. The van der Waals surface area contributed by atoms with Crippen LogP contribution >= 0.6 is 24.0 Å². The van der Waals surface area contributed by atoms with Crippen molar-refractivity contribution in [1.82, 2.24) is 10.2 Å². The van der Waals surface area contributed by atoms with Gasteiger partial charge in [-0.3, -0.25) is 4.99 Å². The van der Waals surface area contributed by atoms with E-state index in [1.54, 1.807) is 13.1 Å². The monoisotopic (exact) mass is 476 g/mol. The predicted octanol–water partition coefficient (Wildman–Crippen LogP) is 3.25. The highest BCUT2D eigenvalue weighted by molar-refractivity contribution is 14.0. The van der Waals surface area contributed by atoms with Crippen LogP contribution in [-0.4, -0.2) is 57.8 Å². The molecule has 5 nitrogen and oxygen atoms in total. The van der Waals surface area contributed by atoms with Crippen LogP contribution in [0.1, 0.15) is 18.4 Å². The molecule has 1 fully saturated rings. The molecule has 146 valence electrons. The van der Waals surface area contributed by atoms with Crippen molar-refractivity contribution in [2.24, 2.45) is 4.99 Å². The van der Waals surface area contributed by atoms with Crippen molar-refractivity contribution in [3.63, 3.8) is 0 Å². The van der Waals surface area contributed by atoms with Gasteiger partial charge in [0.25, 0.3) is 0 Å². The molecule has 0 amide bonds. The summed E-state index contributed by atoms with van der Waals surface area (Å²) in [6, 6.07) is 5.42. The van der Waals surface area contributed by atoms with E-state index in [2.05, 4.69) is 21.8 Å². The largest absolute Gasteiger partial charge is 0.378 e. The average Bonchev–Trinajstić information content (AvgIpc) is 2.63. The Balaban J connectivity index is 0.00000338. The number of guanidine groups is 1. The van der Waals surface area contributed by atoms with Gasteiger partial charge in [-0.2, -0.15) is 0 Å². The fourth-order valence-electron chi connectivity index (χ4n) is 2.87. The third kappa shape index (κ3) is 6.75. The van der Waals surface area contributed by atoms with E-state index in [0.29, 0.717) is 25.4 Å². The Labute approximate surface area is 173 Å². The van der Waals surface area contributed by atoms with E-state index in [0.717, 1.165) is 44.0 Å². The molecule has 0 aromatic heterocycles. The minimum Gasteiger partial charge on any atom is -0.378 e. The van der Waals surface area contributed by atoms with Crippen LogP contribution < -0.4 is 10.2 Å². The summed E-state index contributed by atoms with van der Waals surface area (Å²) in [5, 5.41) is 3.29. The Morgan fingerprint density at radius 2 is 2.15 bits per heavy atom. The van der Waals surface area contributed by atoms with Gasteiger partial charge in [0.15, 0.2) is 5.96 Å². The van der Waals surface area contributed by atoms with Crippen LogP contribution in [0.15, 0.2) is 35.8 Å². The zero-order valence-electron chi connectivity index (χ0n) is 15.7. The first-order valence-corrected chi connectivity index (χ1v) is 8.79. The van der Waals surface area contributed by atoms with Crippen LogP contribution in [0.5, 0.6) is 0 Å². The normalized spacial score (nSPS) is 14.6. The number of ether oxygens (including phenoxy) is 1. The standard InChI is InChI=1S/C19H29FN4O.HI/c1-4-5-6-9-23(3)19(21-2)22-15-16-7-8-18(17(20)14-16)24-10-12-25-13-11-24;/h4,7-8,14H,1,5-6,9-13,15H2,2-3H3,(H,21,22);1H. The third-order valence-corrected chi connectivity index (χ3v) is 4.29. The summed E-state index contributed by atoms with van der Waals surface area (Å²) in [4.78, 5) is 8.39. The van der Waals surface area contributed by atoms with Gasteiger partial charge in [0.2, 0.25) is 0 Å². The summed E-state index contributed by atoms with van der Waals surface area (Å²) < 4.78 is 19.8. The van der Waals surface area contributed by atoms with Gasteiger partial charge >= 0.3 is 0 Å². The van der Waals surface area contributed by atoms with Crippen LogP contribution in [0.4, 0.5) is 10.1 Å². The van der Waals surface area contributed by atoms with Crippen molar-refractivity contribution in [3.05, 3.63) is 42.2 Å². The number of aliphatic imine (C=N–C) groups is 1. The zero-order valence-corrected chi connectivity index (χ0v) is 18.0. The summed E-state index contributed by atoms with van der Waals surface area (Å²) in [6.45, 7) is 7.94. The number of nitrogens with zero attached hydrogens (tertiary/aromatic N) is 3. The molecule has 0 saturated carbocycles. The minimum atomic E-state index is -0.185. The lowest BCUT2D eigenvalue weighted by Gasteiger charge is -2.29. The van der Waals surface area contributed by atoms with Crippen molar-refractivity contribution in [3.8, 4) is 0 Å². The van der Waals surface area contributed by atoms with Gasteiger partial charge in [-0.15, -0.1) is 30.6 Å². The van der Waals surface area contributed by atoms with Crippen LogP contribution in [-0.2, 0) is 11.3 Å². The van der Waals surface area contributed by atoms with Gasteiger partial charge in [-0.25, -0.2) is 4.39 Å². The van der Waals surface area contributed by atoms with E-state index in [4.69, 9.17) is 4.74 Å². The number of hydrogen-bond acceptors (Lipinski definition) is 3. The molecule has 1 aliphatic rings. The number of anilines is 1. The molecular formula is C19H30FIN4O. The van der Waals surface area contributed by atoms with E-state index >= 15 is 0 Å². The Morgan fingerprint density at radius 1 is 1.42 bits per heavy atom. The number of halogens is 2. The second-order valence-corrected chi connectivity index (χ2v) is 6.14. The van der Waals surface area contributed by atoms with E-state index in [9.17, 15) is 4.39 Å². The first-order chi connectivity index (χ1) is 12.2. The van der Waals surface area contributed by atoms with Gasteiger partial charge in [0.05, 0.1) is 18.9 Å². The highest BCUT2D eigenvalue weighted by Crippen LogP contribution is 2.21. The summed E-state index contributed by atoms with van der Waals surface area (Å²) in [7, 11) is 3.76. The fourth-order valence-corrected chi connectivity index (χ4v) is 2.87. The number of unbranched alkanes of at least 4 members (excludes halogenated alkanes) is 1. The lowest BCUT2D eigenvalue weighted by Crippen LogP contribution is -2.39. The lowest BCUT2D eigenvalue weighted by atomic mass is 10.1. The molecule has 0 unspecified atom stereocenters. The molecule has 26 heavy (non-hydrogen) atoms. The number of morpholine rings is 1. The summed E-state index contributed by atoms with van der Waals surface area (Å²) >= 11 is 0. The summed E-state index contributed by atoms with van der Waals surface area (Å²) in [5.41, 5.74) is 1.55. The molecule has 0 bridgehead atoms. The predicted molar refractivity (Wildman–Crippen MR) is 117 cm³/mol. The molecule has 0 spiro atoms. The van der Waals surface area contributed by atoms with Crippen LogP contribution in [0, 0.1) is 5.82 Å². The fraction of sp³-hybridized carbons (Fsp3) is 0.526. The molecule has 2 rings (SSSR count). The van der Waals surface area contributed by atoms with E-state index in [1.807, 2.05) is 30.2 Å². The second-order valence-electron chi connectivity index (χ2n) is 6.14. The minimum absolute atomic E-state index is 0. The number of benzene rings is 1. The van der Waals surface area contributed by atoms with Gasteiger partial charge in [-0.05, 0) is 30.5 Å². The highest BCUT2D eigenvalue weighted by atomic mass is 127. The Morgan fingerprint density at radius 3 is 2.77 bits per heavy atom. The lowest BCUT2D eigenvalue weighted by molar-refractivity contribution is 0.122. The van der Waals surface area contributed by atoms with Gasteiger partial charge in [0, 0.05) is 40.3 Å². The molecule has 1 aromatic rings. The van der Waals surface area contributed by atoms with Gasteiger partial charge in [-0.1, -0.05) is 12.1 Å². The molecular weight excluding hydrogens is 446 g/mol. The third-order valence-electron chi connectivity index (χ3n) is 4.29. The average molecular weight is 476 g/mol. The Bertz CT molecular complexity index is 591. The maximum atomic E-state index is 14.4. The Hall–Kier alpha value is -1.35. The van der Waals surface area contributed by atoms with Gasteiger partial charge in [0.1, 0.15) is 5.82 Å². The maximum Gasteiger partial charge on any atom is 0.193 e. The smallest absolute Gasteiger partial charge is 0.193 e. The molecule has 0 aliphatic carbocycles. The molecule has 1 aliphatic heterocycles. The first-order valence-electron chi connectivity index (χ1n) is 8.79. The van der Waals surface area contributed by atoms with Crippen molar-refractivity contribution in [1.29, 1.82) is 0 Å².